The van der Waals surface area contributed by atoms with Gasteiger partial charge in [0.1, 0.15) is 22.8 Å². The van der Waals surface area contributed by atoms with Crippen LogP contribution in [-0.2, 0) is 14.3 Å². The maximum Gasteiger partial charge on any atom is 0.370 e. The molecule has 1 amide bonds. The minimum Gasteiger partial charge on any atom is -0.475 e. The molecule has 0 fully saturated rings. The molecular formula is C20H78N4O7. The molecule has 0 saturated carbocycles. The molecule has 11 heteroatoms. The van der Waals surface area contributed by atoms with Crippen molar-refractivity contribution in [2.75, 3.05) is 0 Å². The summed E-state index contributed by atoms with van der Waals surface area (Å²) >= 11 is 0. The monoisotopic (exact) mass is 487 g/mol. The van der Waals surface area contributed by atoms with E-state index in [1.807, 2.05) is 0 Å². The summed E-state index contributed by atoms with van der Waals surface area (Å²) in [5, 5.41) is 45.9. The van der Waals surface area contributed by atoms with Gasteiger partial charge in [0.15, 0.2) is 11.6 Å². The van der Waals surface area contributed by atoms with Gasteiger partial charge in [-0.15, -0.1) is 0 Å². The molecule has 0 aromatic heterocycles. The molecule has 0 aliphatic carbocycles. The number of aliphatic imine (C=N–C) groups is 1. The number of carbonyl (C=O) groups is 2. The zero-order valence-corrected chi connectivity index (χ0v) is 19.3. The molecule has 9 N–H and O–H groups in total. The molecule has 0 saturated heterocycles. The Morgan fingerprint density at radius 1 is 1.19 bits per heavy atom. The van der Waals surface area contributed by atoms with Gasteiger partial charge in [-0.05, 0) is 47.6 Å². The molecule has 0 aromatic carbocycles. The van der Waals surface area contributed by atoms with Crippen LogP contribution in [-0.4, -0.2) is 72.2 Å². The smallest absolute Gasteiger partial charge is 0.370 e. The van der Waals surface area contributed by atoms with Crippen LogP contribution in [0.3, 0.4) is 0 Å². The van der Waals surface area contributed by atoms with E-state index >= 15 is 0 Å². The fourth-order valence-electron chi connectivity index (χ4n) is 3.65. The Balaban J connectivity index is -0.0000000241. The summed E-state index contributed by atoms with van der Waals surface area (Å²) < 4.78 is 5.76. The van der Waals surface area contributed by atoms with Gasteiger partial charge < -0.3 is 41.9 Å². The first kappa shape index (κ1) is 26.7. The van der Waals surface area contributed by atoms with E-state index in [-0.39, 0.29) is 30.0 Å². The van der Waals surface area contributed by atoms with E-state index in [1.165, 1.54) is 41.5 Å². The van der Waals surface area contributed by atoms with Gasteiger partial charge in [-0.25, -0.2) is 9.79 Å². The minimum absolute atomic E-state index is 0. The van der Waals surface area contributed by atoms with E-state index in [2.05, 4.69) is 10.3 Å². The highest BCUT2D eigenvalue weighted by molar-refractivity contribution is 5.86. The Bertz CT molecular complexity index is 844. The lowest BCUT2D eigenvalue weighted by atomic mass is 9.58. The third-order valence-electron chi connectivity index (χ3n) is 6.68. The van der Waals surface area contributed by atoms with E-state index in [0.29, 0.717) is 0 Å². The fraction of sp³-hybridized carbons (Fsp3) is 0.750. The molecule has 0 aromatic rings. The number of aliphatic hydroxyl groups is 3. The molecule has 1 aliphatic rings. The van der Waals surface area contributed by atoms with Crippen molar-refractivity contribution in [3.63, 3.8) is 0 Å². The standard InChI is InChI=1S/C20H36N4O7.21H2/c1-10(2)13(25)24-17(5)12(23-15(21)22)9-11(14(26)27)31-20(17,8)19(7,30)18(6,29)16(3,4)28;;;;;;;;;;;;;;;;;;;;;/h9-10,12,28-30H,1-8H3,(H,24,25)(H,26,27)(H4,21,22,23);21*1H/t12-,17+,18+,19+,20+;;;;;;;;;;;;;;;;;;;;;/m0...................../s1. The Kier molecular flexibility index (Phi) is 6.84. The molecule has 0 spiro atoms. The van der Waals surface area contributed by atoms with Crippen LogP contribution in [0.15, 0.2) is 16.8 Å². The predicted molar refractivity (Wildman–Crippen MR) is 158 cm³/mol. The maximum absolute atomic E-state index is 12.7. The second-order valence-corrected chi connectivity index (χ2v) is 9.52. The number of hydrogen-bond donors (Lipinski definition) is 7. The van der Waals surface area contributed by atoms with Gasteiger partial charge in [-0.3, -0.25) is 4.79 Å². The largest absolute Gasteiger partial charge is 0.475 e. The molecule has 0 unspecified atom stereocenters. The fourth-order valence-corrected chi connectivity index (χ4v) is 3.65. The number of carboxylic acid groups (broad SMARTS) is 1. The van der Waals surface area contributed by atoms with Crippen molar-refractivity contribution >= 4 is 17.8 Å². The Labute approximate surface area is 213 Å². The van der Waals surface area contributed by atoms with Crippen molar-refractivity contribution in [3.05, 3.63) is 11.8 Å². The maximum atomic E-state index is 12.7. The van der Waals surface area contributed by atoms with Crippen LogP contribution in [0.4, 0.5) is 0 Å². The second-order valence-electron chi connectivity index (χ2n) is 9.52. The number of aliphatic carboxylic acids is 1. The van der Waals surface area contributed by atoms with Crippen molar-refractivity contribution in [3.8, 4) is 0 Å². The Morgan fingerprint density at radius 3 is 2.03 bits per heavy atom. The second kappa shape index (κ2) is 7.95. The van der Waals surface area contributed by atoms with Crippen molar-refractivity contribution in [1.29, 1.82) is 0 Å². The number of nitrogens with two attached hydrogens (primary N) is 2. The number of ether oxygens (including phenoxy) is 1. The van der Waals surface area contributed by atoms with Gasteiger partial charge in [0.05, 0.1) is 5.60 Å². The topological polar surface area (TPSA) is 201 Å². The zero-order valence-electron chi connectivity index (χ0n) is 19.3. The number of hydrogen-bond acceptors (Lipinski definition) is 7. The quantitative estimate of drug-likeness (QED) is 0.201. The summed E-state index contributed by atoms with van der Waals surface area (Å²) in [4.78, 5) is 28.6. The van der Waals surface area contributed by atoms with Gasteiger partial charge in [-0.2, -0.15) is 0 Å². The first-order valence-corrected chi connectivity index (χ1v) is 9.87. The summed E-state index contributed by atoms with van der Waals surface area (Å²) in [5.41, 5.74) is 0.891. The van der Waals surface area contributed by atoms with Crippen molar-refractivity contribution < 1.29 is 64.7 Å². The number of carbonyl (C=O) groups excluding carboxylic acids is 1. The van der Waals surface area contributed by atoms with Gasteiger partial charge in [0.2, 0.25) is 11.7 Å². The predicted octanol–water partition coefficient (Wildman–Crippen LogP) is 4.36. The van der Waals surface area contributed by atoms with E-state index in [0.717, 1.165) is 6.08 Å². The van der Waals surface area contributed by atoms with E-state index < -0.39 is 63.5 Å². The third-order valence-corrected chi connectivity index (χ3v) is 6.68. The SMILES string of the molecule is CC(C)C(=O)N[C@]1(C)[C@@H](N=C(N)N)C=C(C(=O)O)O[C@@]1(C)[C@](C)(O)[C@](C)(O)C(C)(C)O.[HH].[HH].[HH].[HH].[HH].[HH].[HH].[HH].[HH].[HH].[HH].[HH].[HH].[HH].[HH].[HH].[HH].[HH].[HH].[HH].[HH]. The first-order chi connectivity index (χ1) is 13.7. The molecule has 220 valence electrons. The molecule has 1 heterocycles. The van der Waals surface area contributed by atoms with Crippen molar-refractivity contribution in [2.45, 2.75) is 89.4 Å². The summed E-state index contributed by atoms with van der Waals surface area (Å²) in [6.45, 7) is 11.0. The number of amides is 1. The van der Waals surface area contributed by atoms with Crippen molar-refractivity contribution in [2.24, 2.45) is 22.4 Å². The van der Waals surface area contributed by atoms with E-state index in [1.54, 1.807) is 13.8 Å². The number of rotatable bonds is 7. The number of nitrogens with zero attached hydrogens (tertiary/aromatic N) is 1. The molecule has 0 radical (unpaired) electrons. The van der Waals surface area contributed by atoms with Gasteiger partial charge in [-0.1, -0.05) is 13.8 Å². The highest BCUT2D eigenvalue weighted by Gasteiger charge is 2.71. The van der Waals surface area contributed by atoms with Gasteiger partial charge >= 0.3 is 5.97 Å². The van der Waals surface area contributed by atoms with Crippen molar-refractivity contribution in [1.82, 2.24) is 5.32 Å². The average Bonchev–Trinajstić information content (AvgIpc) is 2.56. The summed E-state index contributed by atoms with van der Waals surface area (Å²) in [7, 11) is 0. The molecule has 31 heavy (non-hydrogen) atoms. The molecule has 11 nitrogen and oxygen atoms in total. The van der Waals surface area contributed by atoms with Gasteiger partial charge in [0, 0.05) is 35.9 Å². The lowest BCUT2D eigenvalue weighted by molar-refractivity contribution is -0.298. The first-order valence-electron chi connectivity index (χ1n) is 9.87. The van der Waals surface area contributed by atoms with Crippen LogP contribution in [0.2, 0.25) is 0 Å². The summed E-state index contributed by atoms with van der Waals surface area (Å²) in [5.74, 6) is -3.42. The van der Waals surface area contributed by atoms with Crippen LogP contribution in [0, 0.1) is 5.92 Å². The van der Waals surface area contributed by atoms with E-state index in [4.69, 9.17) is 16.2 Å². The summed E-state index contributed by atoms with van der Waals surface area (Å²) in [6, 6.07) is -1.20. The average molecular weight is 487 g/mol. The molecule has 0 bridgehead atoms. The highest BCUT2D eigenvalue weighted by atomic mass is 16.5. The van der Waals surface area contributed by atoms with Crippen LogP contribution >= 0.6 is 0 Å². The Hall–Kier alpha value is -2.37. The van der Waals surface area contributed by atoms with Crippen LogP contribution in [0.25, 0.3) is 0 Å². The Morgan fingerprint density at radius 2 is 1.68 bits per heavy atom. The number of nitrogens with one attached hydrogen (secondary N) is 1. The third kappa shape index (κ3) is 4.21. The minimum atomic E-state index is -2.36. The zero-order chi connectivity index (χ0) is 24.8. The van der Waals surface area contributed by atoms with Crippen LogP contribution in [0.5, 0.6) is 0 Å². The van der Waals surface area contributed by atoms with Crippen LogP contribution in [0.1, 0.15) is 85.3 Å². The lowest BCUT2D eigenvalue weighted by Crippen LogP contribution is -2.82. The molecule has 1 aliphatic heterocycles. The highest BCUT2D eigenvalue weighted by Crippen LogP contribution is 2.51. The van der Waals surface area contributed by atoms with Gasteiger partial charge in [0.25, 0.3) is 0 Å². The molecule has 1 rings (SSSR count). The molecular weight excluding hydrogens is 408 g/mol. The summed E-state index contributed by atoms with van der Waals surface area (Å²) in [6.07, 6.45) is 1.11. The normalized spacial score (nSPS) is 30.3. The van der Waals surface area contributed by atoms with Crippen LogP contribution < -0.4 is 16.8 Å². The lowest BCUT2D eigenvalue weighted by Gasteiger charge is -2.61. The molecule has 5 atom stereocenters. The number of guanidine groups is 1. The number of carboxylic acids is 1. The van der Waals surface area contributed by atoms with E-state index in [9.17, 15) is 30.0 Å².